The van der Waals surface area contributed by atoms with Crippen molar-refractivity contribution >= 4 is 11.7 Å². The van der Waals surface area contributed by atoms with Gasteiger partial charge >= 0.3 is 6.03 Å². The van der Waals surface area contributed by atoms with Crippen LogP contribution in [0.1, 0.15) is 12.5 Å². The monoisotopic (exact) mass is 340 g/mol. The van der Waals surface area contributed by atoms with Crippen LogP contribution in [0.2, 0.25) is 0 Å². The average molecular weight is 340 g/mol. The van der Waals surface area contributed by atoms with Gasteiger partial charge in [-0.2, -0.15) is 0 Å². The fourth-order valence-corrected chi connectivity index (χ4v) is 3.13. The molecule has 2 aromatic carbocycles. The van der Waals surface area contributed by atoms with E-state index in [0.29, 0.717) is 12.4 Å². The van der Waals surface area contributed by atoms with E-state index in [4.69, 9.17) is 4.74 Å². The first-order valence-electron chi connectivity index (χ1n) is 8.91. The SMILES string of the molecule is CCOc1ccccc1NC(=O)N1CC[NH+](Cc2ccccc2)CC1. The van der Waals surface area contributed by atoms with Gasteiger partial charge in [0.2, 0.25) is 0 Å². The van der Waals surface area contributed by atoms with E-state index in [1.165, 1.54) is 10.5 Å². The van der Waals surface area contributed by atoms with Gasteiger partial charge in [0.25, 0.3) is 0 Å². The van der Waals surface area contributed by atoms with Gasteiger partial charge in [-0.15, -0.1) is 0 Å². The second kappa shape index (κ2) is 8.53. The number of ether oxygens (including phenoxy) is 1. The summed E-state index contributed by atoms with van der Waals surface area (Å²) in [5.41, 5.74) is 2.08. The van der Waals surface area contributed by atoms with Crippen LogP contribution >= 0.6 is 0 Å². The van der Waals surface area contributed by atoms with Crippen molar-refractivity contribution in [2.24, 2.45) is 0 Å². The largest absolute Gasteiger partial charge is 0.492 e. The quantitative estimate of drug-likeness (QED) is 0.875. The Balaban J connectivity index is 1.52. The van der Waals surface area contributed by atoms with E-state index >= 15 is 0 Å². The molecule has 1 saturated heterocycles. The summed E-state index contributed by atoms with van der Waals surface area (Å²) in [4.78, 5) is 15.9. The van der Waals surface area contributed by atoms with Crippen molar-refractivity contribution in [2.45, 2.75) is 13.5 Å². The number of nitrogens with one attached hydrogen (secondary N) is 2. The lowest BCUT2D eigenvalue weighted by Gasteiger charge is -2.32. The van der Waals surface area contributed by atoms with Gasteiger partial charge in [-0.1, -0.05) is 42.5 Å². The predicted octanol–water partition coefficient (Wildman–Crippen LogP) is 2.02. The fourth-order valence-electron chi connectivity index (χ4n) is 3.13. The number of benzene rings is 2. The summed E-state index contributed by atoms with van der Waals surface area (Å²) in [7, 11) is 0. The number of urea groups is 1. The van der Waals surface area contributed by atoms with E-state index in [9.17, 15) is 4.79 Å². The van der Waals surface area contributed by atoms with E-state index in [-0.39, 0.29) is 6.03 Å². The van der Waals surface area contributed by atoms with E-state index in [0.717, 1.165) is 38.4 Å². The van der Waals surface area contributed by atoms with Crippen LogP contribution in [0.25, 0.3) is 0 Å². The van der Waals surface area contributed by atoms with Crippen LogP contribution in [0.4, 0.5) is 10.5 Å². The Bertz CT molecular complexity index is 682. The fraction of sp³-hybridized carbons (Fsp3) is 0.350. The number of amides is 2. The van der Waals surface area contributed by atoms with Gasteiger partial charge in [0.05, 0.1) is 38.5 Å². The highest BCUT2D eigenvalue weighted by Gasteiger charge is 2.24. The summed E-state index contributed by atoms with van der Waals surface area (Å²) in [6, 6.07) is 18.0. The van der Waals surface area contributed by atoms with Crippen LogP contribution in [0.3, 0.4) is 0 Å². The third-order valence-corrected chi connectivity index (χ3v) is 4.48. The van der Waals surface area contributed by atoms with Crippen molar-refractivity contribution in [2.75, 3.05) is 38.1 Å². The number of carbonyl (C=O) groups excluding carboxylic acids is 1. The Labute approximate surface area is 149 Å². The van der Waals surface area contributed by atoms with Crippen molar-refractivity contribution in [1.29, 1.82) is 0 Å². The maximum atomic E-state index is 12.5. The second-order valence-corrected chi connectivity index (χ2v) is 6.26. The first kappa shape index (κ1) is 17.3. The van der Waals surface area contributed by atoms with Gasteiger partial charge in [-0.25, -0.2) is 4.79 Å². The molecule has 5 heteroatoms. The number of rotatable bonds is 5. The van der Waals surface area contributed by atoms with Gasteiger partial charge < -0.3 is 19.9 Å². The Morgan fingerprint density at radius 1 is 1.08 bits per heavy atom. The minimum atomic E-state index is -0.0501. The molecule has 1 fully saturated rings. The molecule has 1 heterocycles. The molecule has 0 saturated carbocycles. The lowest BCUT2D eigenvalue weighted by Crippen LogP contribution is -3.13. The zero-order valence-electron chi connectivity index (χ0n) is 14.7. The number of quaternary nitrogens is 1. The van der Waals surface area contributed by atoms with Crippen LogP contribution in [0, 0.1) is 0 Å². The van der Waals surface area contributed by atoms with Gasteiger partial charge in [0, 0.05) is 5.56 Å². The number of hydrogen-bond donors (Lipinski definition) is 2. The highest BCUT2D eigenvalue weighted by molar-refractivity contribution is 5.91. The number of carbonyl (C=O) groups is 1. The molecule has 2 N–H and O–H groups in total. The predicted molar refractivity (Wildman–Crippen MR) is 99.0 cm³/mol. The molecular formula is C20H26N3O2+. The molecule has 3 rings (SSSR count). The average Bonchev–Trinajstić information content (AvgIpc) is 2.65. The number of anilines is 1. The molecule has 5 nitrogen and oxygen atoms in total. The van der Waals surface area contributed by atoms with Crippen molar-refractivity contribution in [3.05, 3.63) is 60.2 Å². The molecule has 2 aromatic rings. The van der Waals surface area contributed by atoms with Crippen LogP contribution in [0.15, 0.2) is 54.6 Å². The summed E-state index contributed by atoms with van der Waals surface area (Å²) < 4.78 is 5.57. The van der Waals surface area contributed by atoms with Crippen molar-refractivity contribution in [3.63, 3.8) is 0 Å². The molecule has 0 radical (unpaired) electrons. The Morgan fingerprint density at radius 3 is 2.48 bits per heavy atom. The number of para-hydroxylation sites is 2. The third kappa shape index (κ3) is 4.73. The van der Waals surface area contributed by atoms with Gasteiger partial charge in [0.1, 0.15) is 12.3 Å². The topological polar surface area (TPSA) is 46.0 Å². The first-order chi connectivity index (χ1) is 12.3. The van der Waals surface area contributed by atoms with E-state index in [1.807, 2.05) is 42.2 Å². The summed E-state index contributed by atoms with van der Waals surface area (Å²) in [6.45, 7) is 7.01. The van der Waals surface area contributed by atoms with Crippen molar-refractivity contribution in [1.82, 2.24) is 4.90 Å². The molecular weight excluding hydrogens is 314 g/mol. The maximum absolute atomic E-state index is 12.5. The molecule has 0 unspecified atom stereocenters. The van der Waals surface area contributed by atoms with Crippen molar-refractivity contribution in [3.8, 4) is 5.75 Å². The smallest absolute Gasteiger partial charge is 0.322 e. The summed E-state index contributed by atoms with van der Waals surface area (Å²) in [6.07, 6.45) is 0. The van der Waals surface area contributed by atoms with Crippen molar-refractivity contribution < 1.29 is 14.4 Å². The summed E-state index contributed by atoms with van der Waals surface area (Å²) >= 11 is 0. The molecule has 2 amide bonds. The van der Waals surface area contributed by atoms with E-state index in [2.05, 4.69) is 29.6 Å². The molecule has 0 spiro atoms. The highest BCUT2D eigenvalue weighted by atomic mass is 16.5. The summed E-state index contributed by atoms with van der Waals surface area (Å²) in [5, 5.41) is 2.98. The lowest BCUT2D eigenvalue weighted by atomic mass is 10.2. The first-order valence-corrected chi connectivity index (χ1v) is 8.91. The standard InChI is InChI=1S/C20H25N3O2/c1-2-25-19-11-7-6-10-18(19)21-20(24)23-14-12-22(13-15-23)16-17-8-4-3-5-9-17/h3-11H,2,12-16H2,1H3,(H,21,24)/p+1. The third-order valence-electron chi connectivity index (χ3n) is 4.48. The number of nitrogens with zero attached hydrogens (tertiary/aromatic N) is 1. The molecule has 1 aliphatic rings. The number of hydrogen-bond acceptors (Lipinski definition) is 2. The van der Waals surface area contributed by atoms with Gasteiger partial charge in [-0.05, 0) is 19.1 Å². The second-order valence-electron chi connectivity index (χ2n) is 6.26. The molecule has 0 aliphatic carbocycles. The minimum absolute atomic E-state index is 0.0501. The van der Waals surface area contributed by atoms with Crippen LogP contribution in [-0.2, 0) is 6.54 Å². The zero-order chi connectivity index (χ0) is 17.5. The summed E-state index contributed by atoms with van der Waals surface area (Å²) in [5.74, 6) is 0.715. The highest BCUT2D eigenvalue weighted by Crippen LogP contribution is 2.23. The van der Waals surface area contributed by atoms with E-state index < -0.39 is 0 Å². The van der Waals surface area contributed by atoms with Gasteiger partial charge in [0.15, 0.2) is 0 Å². The maximum Gasteiger partial charge on any atom is 0.322 e. The lowest BCUT2D eigenvalue weighted by molar-refractivity contribution is -0.917. The molecule has 25 heavy (non-hydrogen) atoms. The Hall–Kier alpha value is -2.53. The Morgan fingerprint density at radius 2 is 1.76 bits per heavy atom. The zero-order valence-corrected chi connectivity index (χ0v) is 14.7. The van der Waals surface area contributed by atoms with E-state index in [1.54, 1.807) is 0 Å². The van der Waals surface area contributed by atoms with Gasteiger partial charge in [-0.3, -0.25) is 0 Å². The van der Waals surface area contributed by atoms with Crippen LogP contribution in [0.5, 0.6) is 5.75 Å². The van der Waals surface area contributed by atoms with Crippen LogP contribution in [-0.4, -0.2) is 43.7 Å². The Kier molecular flexibility index (Phi) is 5.90. The molecule has 132 valence electrons. The van der Waals surface area contributed by atoms with Crippen LogP contribution < -0.4 is 15.0 Å². The molecule has 1 aliphatic heterocycles. The molecule has 0 atom stereocenters. The normalized spacial score (nSPS) is 15.0. The molecule has 0 bridgehead atoms. The number of piperazine rings is 1. The minimum Gasteiger partial charge on any atom is -0.492 e. The molecule has 0 aromatic heterocycles.